The molecule has 4 N–H and O–H groups in total. The van der Waals surface area contributed by atoms with E-state index in [2.05, 4.69) is 10.3 Å². The summed E-state index contributed by atoms with van der Waals surface area (Å²) in [4.78, 5) is 59.7. The van der Waals surface area contributed by atoms with E-state index in [-0.39, 0.29) is 37.9 Å². The Kier molecular flexibility index (Phi) is 7.06. The lowest BCUT2D eigenvalue weighted by atomic mass is 9.82. The number of carboxylic acid groups (broad SMARTS) is 1. The number of imide groups is 1. The molecule has 37 heavy (non-hydrogen) atoms. The molecule has 4 rings (SSSR count). The van der Waals surface area contributed by atoms with E-state index in [1.165, 1.54) is 11.1 Å². The quantitative estimate of drug-likeness (QED) is 0.536. The summed E-state index contributed by atoms with van der Waals surface area (Å²) in [7, 11) is 0. The van der Waals surface area contributed by atoms with Crippen molar-refractivity contribution < 1.29 is 24.3 Å². The van der Waals surface area contributed by atoms with Gasteiger partial charge in [0.25, 0.3) is 0 Å². The maximum Gasteiger partial charge on any atom is 0.328 e. The van der Waals surface area contributed by atoms with Gasteiger partial charge < -0.3 is 26.0 Å². The van der Waals surface area contributed by atoms with E-state index in [1.54, 1.807) is 17.0 Å². The Morgan fingerprint density at radius 2 is 1.84 bits per heavy atom. The van der Waals surface area contributed by atoms with Crippen LogP contribution in [-0.2, 0) is 16.0 Å². The van der Waals surface area contributed by atoms with Crippen molar-refractivity contribution >= 4 is 29.8 Å². The highest BCUT2D eigenvalue weighted by Crippen LogP contribution is 2.35. The number of carbonyl (C=O) groups is 4. The number of aromatic nitrogens is 1. The number of piperazine rings is 1. The number of nitrogens with zero attached hydrogens (tertiary/aromatic N) is 4. The second-order valence-corrected chi connectivity index (χ2v) is 10.4. The van der Waals surface area contributed by atoms with Crippen LogP contribution in [-0.4, -0.2) is 79.9 Å². The molecule has 3 heterocycles. The third kappa shape index (κ3) is 5.50. The summed E-state index contributed by atoms with van der Waals surface area (Å²) in [5, 5.41) is 12.9. The lowest BCUT2D eigenvalue weighted by molar-refractivity contribution is -0.166. The van der Waals surface area contributed by atoms with E-state index < -0.39 is 41.4 Å². The second kappa shape index (κ2) is 10.1. The number of urea groups is 2. The van der Waals surface area contributed by atoms with Crippen LogP contribution in [0.5, 0.6) is 0 Å². The van der Waals surface area contributed by atoms with Crippen molar-refractivity contribution in [2.24, 2.45) is 5.92 Å². The highest BCUT2D eigenvalue weighted by Gasteiger charge is 2.56. The molecule has 196 valence electrons. The summed E-state index contributed by atoms with van der Waals surface area (Å²) in [6.07, 6.45) is 1.63. The molecule has 1 aromatic carbocycles. The molecule has 2 unspecified atom stereocenters. The molecule has 0 saturated carbocycles. The van der Waals surface area contributed by atoms with Crippen LogP contribution in [0, 0.1) is 5.92 Å². The fourth-order valence-corrected chi connectivity index (χ4v) is 4.81. The van der Waals surface area contributed by atoms with Crippen molar-refractivity contribution in [2.75, 3.05) is 25.4 Å². The summed E-state index contributed by atoms with van der Waals surface area (Å²) >= 11 is 0. The van der Waals surface area contributed by atoms with Gasteiger partial charge in [-0.15, -0.1) is 0 Å². The number of rotatable bonds is 4. The molecule has 2 aromatic rings. The molecule has 1 aromatic heterocycles. The number of amides is 5. The van der Waals surface area contributed by atoms with Gasteiger partial charge in [-0.1, -0.05) is 30.3 Å². The zero-order chi connectivity index (χ0) is 26.9. The maximum absolute atomic E-state index is 13.7. The molecule has 11 heteroatoms. The van der Waals surface area contributed by atoms with Crippen molar-refractivity contribution in [2.45, 2.75) is 44.8 Å². The number of pyridine rings is 1. The standard InChI is InChI=1S/C26H32N6O5/c1-26(2,3)29-24(36)30-11-12-31(19(15-30)17-7-5-4-6-8-17)25(37)32-21(23(34)35)18(22(32)33)13-16-9-10-28-20(27)14-16/h4-10,14,18-19,21H,11-13,15H2,1-3H3,(H2,27,28)(H,29,36)(H,34,35)/t18-,19?,21?/m1/s1. The molecule has 0 spiro atoms. The van der Waals surface area contributed by atoms with E-state index >= 15 is 0 Å². The molecular weight excluding hydrogens is 476 g/mol. The molecule has 2 aliphatic rings. The van der Waals surface area contributed by atoms with Crippen molar-refractivity contribution in [3.05, 3.63) is 59.8 Å². The zero-order valence-corrected chi connectivity index (χ0v) is 21.1. The summed E-state index contributed by atoms with van der Waals surface area (Å²) in [5.74, 6) is -2.42. The van der Waals surface area contributed by atoms with Gasteiger partial charge in [-0.2, -0.15) is 0 Å². The summed E-state index contributed by atoms with van der Waals surface area (Å²) in [6, 6.07) is 9.69. The van der Waals surface area contributed by atoms with Gasteiger partial charge >= 0.3 is 18.0 Å². The molecule has 2 saturated heterocycles. The smallest absolute Gasteiger partial charge is 0.328 e. The molecule has 3 atom stereocenters. The molecule has 11 nitrogen and oxygen atoms in total. The number of nitrogens with two attached hydrogens (primary N) is 1. The van der Waals surface area contributed by atoms with Crippen molar-refractivity contribution in [1.82, 2.24) is 25.0 Å². The number of benzene rings is 1. The zero-order valence-electron chi connectivity index (χ0n) is 21.1. The maximum atomic E-state index is 13.7. The van der Waals surface area contributed by atoms with Crippen LogP contribution in [0.4, 0.5) is 15.4 Å². The minimum atomic E-state index is -1.30. The predicted octanol–water partition coefficient (Wildman–Crippen LogP) is 2.10. The number of aliphatic carboxylic acids is 1. The van der Waals surface area contributed by atoms with Gasteiger partial charge in [0.2, 0.25) is 5.91 Å². The van der Waals surface area contributed by atoms with Crippen molar-refractivity contribution in [3.63, 3.8) is 0 Å². The number of anilines is 1. The number of hydrogen-bond donors (Lipinski definition) is 3. The lowest BCUT2D eigenvalue weighted by Crippen LogP contribution is -2.70. The summed E-state index contributed by atoms with van der Waals surface area (Å²) < 4.78 is 0. The molecule has 0 bridgehead atoms. The molecule has 5 amide bonds. The summed E-state index contributed by atoms with van der Waals surface area (Å²) in [6.45, 7) is 6.26. The molecule has 0 radical (unpaired) electrons. The first-order valence-electron chi connectivity index (χ1n) is 12.1. The predicted molar refractivity (Wildman–Crippen MR) is 135 cm³/mol. The highest BCUT2D eigenvalue weighted by atomic mass is 16.4. The van der Waals surface area contributed by atoms with Gasteiger partial charge in [0.15, 0.2) is 6.04 Å². The van der Waals surface area contributed by atoms with Crippen LogP contribution < -0.4 is 11.1 Å². The van der Waals surface area contributed by atoms with Crippen molar-refractivity contribution in [1.29, 1.82) is 0 Å². The van der Waals surface area contributed by atoms with E-state index in [0.29, 0.717) is 5.56 Å². The molecule has 2 fully saturated rings. The monoisotopic (exact) mass is 508 g/mol. The Hall–Kier alpha value is -4.15. The number of likely N-dealkylation sites (tertiary alicyclic amines) is 1. The van der Waals surface area contributed by atoms with E-state index in [0.717, 1.165) is 10.5 Å². The normalized spacial score (nSPS) is 21.9. The Morgan fingerprint density at radius 3 is 2.46 bits per heavy atom. The third-order valence-corrected chi connectivity index (χ3v) is 6.55. The molecule has 0 aliphatic carbocycles. The lowest BCUT2D eigenvalue weighted by Gasteiger charge is -2.48. The Bertz CT molecular complexity index is 1200. The van der Waals surface area contributed by atoms with Crippen LogP contribution >= 0.6 is 0 Å². The van der Waals surface area contributed by atoms with E-state index in [4.69, 9.17) is 5.73 Å². The average Bonchev–Trinajstić information content (AvgIpc) is 2.84. The third-order valence-electron chi connectivity index (χ3n) is 6.55. The number of nitrogens with one attached hydrogen (secondary N) is 1. The van der Waals surface area contributed by atoms with Crippen LogP contribution in [0.15, 0.2) is 48.7 Å². The Morgan fingerprint density at radius 1 is 1.14 bits per heavy atom. The number of nitrogen functional groups attached to an aromatic ring is 1. The largest absolute Gasteiger partial charge is 0.480 e. The minimum absolute atomic E-state index is 0.134. The average molecular weight is 509 g/mol. The minimum Gasteiger partial charge on any atom is -0.480 e. The fraction of sp³-hybridized carbons (Fsp3) is 0.423. The van der Waals surface area contributed by atoms with Gasteiger partial charge in [-0.25, -0.2) is 24.3 Å². The van der Waals surface area contributed by atoms with Crippen LogP contribution in [0.25, 0.3) is 0 Å². The van der Waals surface area contributed by atoms with Gasteiger partial charge in [-0.05, 0) is 50.5 Å². The summed E-state index contributed by atoms with van der Waals surface area (Å²) in [5.41, 5.74) is 6.74. The second-order valence-electron chi connectivity index (χ2n) is 10.4. The first-order valence-corrected chi connectivity index (χ1v) is 12.1. The van der Waals surface area contributed by atoms with Gasteiger partial charge in [-0.3, -0.25) is 4.79 Å². The van der Waals surface area contributed by atoms with E-state index in [1.807, 2.05) is 51.1 Å². The van der Waals surface area contributed by atoms with Crippen molar-refractivity contribution in [3.8, 4) is 0 Å². The molecule has 2 aliphatic heterocycles. The first kappa shape index (κ1) is 25.9. The number of hydrogen-bond acceptors (Lipinski definition) is 6. The Balaban J connectivity index is 1.56. The van der Waals surface area contributed by atoms with Crippen LogP contribution in [0.3, 0.4) is 0 Å². The van der Waals surface area contributed by atoms with Gasteiger partial charge in [0.1, 0.15) is 5.82 Å². The van der Waals surface area contributed by atoms with Gasteiger partial charge in [0, 0.05) is 31.4 Å². The van der Waals surface area contributed by atoms with Crippen LogP contribution in [0.2, 0.25) is 0 Å². The Labute approximate surface area is 215 Å². The van der Waals surface area contributed by atoms with Gasteiger partial charge in [0.05, 0.1) is 12.0 Å². The molecular formula is C26H32N6O5. The number of carbonyl (C=O) groups excluding carboxylic acids is 3. The van der Waals surface area contributed by atoms with Crippen LogP contribution in [0.1, 0.15) is 37.9 Å². The number of β-lactam (4-membered cyclic amide) rings is 1. The first-order chi connectivity index (χ1) is 17.5. The SMILES string of the molecule is CC(C)(C)NC(=O)N1CCN(C(=O)N2C(=O)[C@H](Cc3ccnc(N)c3)C2C(=O)O)C(c2ccccc2)C1. The number of carboxylic acids is 1. The fourth-order valence-electron chi connectivity index (χ4n) is 4.81. The highest BCUT2D eigenvalue weighted by molar-refractivity contribution is 6.07. The van der Waals surface area contributed by atoms with E-state index in [9.17, 15) is 24.3 Å². The topological polar surface area (TPSA) is 149 Å².